The van der Waals surface area contributed by atoms with E-state index in [0.29, 0.717) is 17.4 Å². The van der Waals surface area contributed by atoms with Crippen molar-refractivity contribution < 1.29 is 9.47 Å². The number of ether oxygens (including phenoxy) is 2. The number of thiophene rings is 1. The van der Waals surface area contributed by atoms with Crippen LogP contribution in [0.1, 0.15) is 16.5 Å². The Bertz CT molecular complexity index is 952. The van der Waals surface area contributed by atoms with Crippen LogP contribution in [0.25, 0.3) is 5.70 Å². The van der Waals surface area contributed by atoms with Crippen molar-refractivity contribution in [1.29, 1.82) is 0 Å². The quantitative estimate of drug-likeness (QED) is 0.696. The molecular formula is C16H14BrN5O2S. The van der Waals surface area contributed by atoms with Crippen molar-refractivity contribution in [1.82, 2.24) is 20.2 Å². The molecule has 0 spiro atoms. The predicted molar refractivity (Wildman–Crippen MR) is 99.1 cm³/mol. The molecule has 1 N–H and O–H groups in total. The number of fused-ring (bicyclic) bond motifs is 1. The third-order valence-electron chi connectivity index (χ3n) is 3.92. The molecule has 9 heteroatoms. The molecule has 0 aliphatic carbocycles. The number of tetrazole rings is 1. The van der Waals surface area contributed by atoms with Gasteiger partial charge in [0, 0.05) is 0 Å². The van der Waals surface area contributed by atoms with Crippen molar-refractivity contribution in [3.05, 3.63) is 50.6 Å². The number of allylic oxidation sites excluding steroid dienone is 1. The van der Waals surface area contributed by atoms with Gasteiger partial charge in [-0.15, -0.1) is 11.3 Å². The van der Waals surface area contributed by atoms with Gasteiger partial charge in [-0.1, -0.05) is 11.2 Å². The van der Waals surface area contributed by atoms with Crippen molar-refractivity contribution >= 4 is 38.9 Å². The highest BCUT2D eigenvalue weighted by atomic mass is 79.9. The van der Waals surface area contributed by atoms with E-state index in [1.54, 1.807) is 30.2 Å². The molecule has 1 aromatic carbocycles. The number of hydrogen-bond acceptors (Lipinski definition) is 7. The zero-order valence-corrected chi connectivity index (χ0v) is 15.8. The molecule has 0 amide bonds. The first-order valence-electron chi connectivity index (χ1n) is 7.44. The first-order valence-corrected chi connectivity index (χ1v) is 9.05. The molecule has 1 aliphatic rings. The maximum atomic E-state index is 5.43. The van der Waals surface area contributed by atoms with Crippen LogP contribution >= 0.6 is 27.3 Å². The van der Waals surface area contributed by atoms with Gasteiger partial charge in [-0.25, -0.2) is 0 Å². The van der Waals surface area contributed by atoms with E-state index in [2.05, 4.69) is 48.9 Å². The summed E-state index contributed by atoms with van der Waals surface area (Å²) >= 11 is 5.15. The van der Waals surface area contributed by atoms with E-state index in [4.69, 9.17) is 9.47 Å². The summed E-state index contributed by atoms with van der Waals surface area (Å²) in [6, 6.07) is 9.74. The summed E-state index contributed by atoms with van der Waals surface area (Å²) in [4.78, 5) is 1.10. The van der Waals surface area contributed by atoms with Gasteiger partial charge >= 0.3 is 0 Å². The molecule has 1 aliphatic heterocycles. The number of hydrogen-bond donors (Lipinski definition) is 1. The molecule has 1 atom stereocenters. The van der Waals surface area contributed by atoms with E-state index in [9.17, 15) is 0 Å². The number of benzene rings is 1. The first-order chi connectivity index (χ1) is 12.2. The minimum atomic E-state index is -0.151. The van der Waals surface area contributed by atoms with Crippen molar-refractivity contribution in [2.75, 3.05) is 19.5 Å². The number of halogens is 1. The predicted octanol–water partition coefficient (Wildman–Crippen LogP) is 3.57. The second-order valence-corrected chi connectivity index (χ2v) is 7.78. The molecule has 0 saturated carbocycles. The van der Waals surface area contributed by atoms with Crippen molar-refractivity contribution in [2.45, 2.75) is 6.04 Å². The van der Waals surface area contributed by atoms with Crippen molar-refractivity contribution in [3.63, 3.8) is 0 Å². The van der Waals surface area contributed by atoms with Gasteiger partial charge < -0.3 is 14.8 Å². The Hall–Kier alpha value is -2.39. The fourth-order valence-electron chi connectivity index (χ4n) is 2.73. The molecule has 0 bridgehead atoms. The molecule has 3 heterocycles. The number of aromatic nitrogens is 4. The third kappa shape index (κ3) is 2.89. The topological polar surface area (TPSA) is 74.1 Å². The lowest BCUT2D eigenvalue weighted by atomic mass is 10.0. The highest BCUT2D eigenvalue weighted by Gasteiger charge is 2.25. The SMILES string of the molecule is COc1ccc(C2C=C(c3ccc(Br)s3)Nc3nnnn32)cc1OC. The summed E-state index contributed by atoms with van der Waals surface area (Å²) in [6.07, 6.45) is 2.10. The zero-order valence-electron chi connectivity index (χ0n) is 13.4. The minimum Gasteiger partial charge on any atom is -0.493 e. The van der Waals surface area contributed by atoms with E-state index in [-0.39, 0.29) is 6.04 Å². The van der Waals surface area contributed by atoms with Crippen LogP contribution < -0.4 is 14.8 Å². The Labute approximate surface area is 156 Å². The van der Waals surface area contributed by atoms with Crippen LogP contribution in [0.5, 0.6) is 11.5 Å². The van der Waals surface area contributed by atoms with Gasteiger partial charge in [0.2, 0.25) is 5.95 Å². The van der Waals surface area contributed by atoms with Gasteiger partial charge in [-0.05, 0) is 62.3 Å². The van der Waals surface area contributed by atoms with Crippen LogP contribution in [0.15, 0.2) is 40.2 Å². The second kappa shape index (κ2) is 6.49. The van der Waals surface area contributed by atoms with Crippen LogP contribution in [-0.2, 0) is 0 Å². The molecule has 2 aromatic heterocycles. The van der Waals surface area contributed by atoms with E-state index < -0.39 is 0 Å². The van der Waals surface area contributed by atoms with Gasteiger partial charge in [0.25, 0.3) is 0 Å². The second-order valence-electron chi connectivity index (χ2n) is 5.32. The monoisotopic (exact) mass is 419 g/mol. The molecule has 1 unspecified atom stereocenters. The van der Waals surface area contributed by atoms with E-state index >= 15 is 0 Å². The van der Waals surface area contributed by atoms with E-state index in [0.717, 1.165) is 19.9 Å². The minimum absolute atomic E-state index is 0.151. The van der Waals surface area contributed by atoms with Gasteiger partial charge in [0.15, 0.2) is 11.5 Å². The summed E-state index contributed by atoms with van der Waals surface area (Å²) in [5, 5.41) is 15.3. The molecule has 4 rings (SSSR count). The van der Waals surface area contributed by atoms with Crippen molar-refractivity contribution in [3.8, 4) is 11.5 Å². The van der Waals surface area contributed by atoms with Crippen LogP contribution in [-0.4, -0.2) is 34.4 Å². The maximum Gasteiger partial charge on any atom is 0.248 e. The lowest BCUT2D eigenvalue weighted by Gasteiger charge is -2.23. The first kappa shape index (κ1) is 16.1. The zero-order chi connectivity index (χ0) is 17.4. The number of anilines is 1. The fraction of sp³-hybridized carbons (Fsp3) is 0.188. The smallest absolute Gasteiger partial charge is 0.248 e. The molecule has 0 fully saturated rings. The summed E-state index contributed by atoms with van der Waals surface area (Å²) in [6.45, 7) is 0. The average Bonchev–Trinajstić information content (AvgIpc) is 3.28. The van der Waals surface area contributed by atoms with Crippen LogP contribution in [0.3, 0.4) is 0 Å². The largest absolute Gasteiger partial charge is 0.493 e. The van der Waals surface area contributed by atoms with Gasteiger partial charge in [-0.3, -0.25) is 0 Å². The van der Waals surface area contributed by atoms with E-state index in [1.165, 1.54) is 0 Å². The Balaban J connectivity index is 1.80. The molecule has 128 valence electrons. The highest BCUT2D eigenvalue weighted by Crippen LogP contribution is 2.37. The lowest BCUT2D eigenvalue weighted by Crippen LogP contribution is -2.20. The Morgan fingerprint density at radius 2 is 2.00 bits per heavy atom. The molecule has 3 aromatic rings. The Morgan fingerprint density at radius 3 is 2.72 bits per heavy atom. The fourth-order valence-corrected chi connectivity index (χ4v) is 4.10. The number of methoxy groups -OCH3 is 2. The van der Waals surface area contributed by atoms with Crippen LogP contribution in [0.2, 0.25) is 0 Å². The summed E-state index contributed by atoms with van der Waals surface area (Å²) < 4.78 is 13.6. The average molecular weight is 420 g/mol. The maximum absolute atomic E-state index is 5.43. The van der Waals surface area contributed by atoms with Crippen molar-refractivity contribution in [2.24, 2.45) is 0 Å². The standard InChI is InChI=1S/C16H14BrN5O2S/c1-23-12-4-3-9(7-13(12)24-2)11-8-10(14-5-6-15(17)25-14)18-16-19-20-21-22(11)16/h3-8,11H,1-2H3,(H,18,19,21). The number of nitrogens with one attached hydrogen (secondary N) is 1. The Morgan fingerprint density at radius 1 is 1.16 bits per heavy atom. The Kier molecular flexibility index (Phi) is 4.18. The van der Waals surface area contributed by atoms with Gasteiger partial charge in [-0.2, -0.15) is 4.68 Å². The molecule has 25 heavy (non-hydrogen) atoms. The number of rotatable bonds is 4. The lowest BCUT2D eigenvalue weighted by molar-refractivity contribution is 0.354. The highest BCUT2D eigenvalue weighted by molar-refractivity contribution is 9.11. The summed E-state index contributed by atoms with van der Waals surface area (Å²) in [5.74, 6) is 1.95. The molecule has 0 radical (unpaired) electrons. The summed E-state index contributed by atoms with van der Waals surface area (Å²) in [7, 11) is 3.24. The molecule has 0 saturated heterocycles. The van der Waals surface area contributed by atoms with Crippen LogP contribution in [0.4, 0.5) is 5.95 Å². The van der Waals surface area contributed by atoms with Gasteiger partial charge in [0.05, 0.1) is 28.6 Å². The molecule has 7 nitrogen and oxygen atoms in total. The normalized spacial score (nSPS) is 16.0. The van der Waals surface area contributed by atoms with Gasteiger partial charge in [0.1, 0.15) is 6.04 Å². The van der Waals surface area contributed by atoms with E-state index in [1.807, 2.05) is 24.3 Å². The van der Waals surface area contributed by atoms with Crippen LogP contribution in [0, 0.1) is 0 Å². The molecular weight excluding hydrogens is 406 g/mol. The number of nitrogens with zero attached hydrogens (tertiary/aromatic N) is 4. The summed E-state index contributed by atoms with van der Waals surface area (Å²) in [5.41, 5.74) is 1.97. The third-order valence-corrected chi connectivity index (χ3v) is 5.57.